The van der Waals surface area contributed by atoms with E-state index in [2.05, 4.69) is 20.7 Å². The molecule has 146 valence electrons. The maximum Gasteiger partial charge on any atom is 0.416 e. The molecule has 0 aliphatic heterocycles. The van der Waals surface area contributed by atoms with Crippen LogP contribution in [0, 0.1) is 11.6 Å². The molecule has 0 atom stereocenters. The summed E-state index contributed by atoms with van der Waals surface area (Å²) in [5.74, 6) is -2.66. The number of halogens is 5. The number of aromatic nitrogens is 4. The van der Waals surface area contributed by atoms with Crippen LogP contribution in [0.25, 0.3) is 11.4 Å². The molecule has 0 fully saturated rings. The molecule has 0 saturated heterocycles. The largest absolute Gasteiger partial charge is 0.416 e. The third-order valence-electron chi connectivity index (χ3n) is 3.64. The fourth-order valence-corrected chi connectivity index (χ4v) is 2.29. The number of nitrogens with one attached hydrogen (secondary N) is 1. The minimum atomic E-state index is -4.50. The Hall–Kier alpha value is -3.37. The van der Waals surface area contributed by atoms with Gasteiger partial charge in [0.15, 0.2) is 11.6 Å². The summed E-state index contributed by atoms with van der Waals surface area (Å²) in [6, 6.07) is 7.39. The predicted molar refractivity (Wildman–Crippen MR) is 87.9 cm³/mol. The highest BCUT2D eigenvalue weighted by Gasteiger charge is 2.30. The van der Waals surface area contributed by atoms with E-state index in [1.54, 1.807) is 0 Å². The van der Waals surface area contributed by atoms with Crippen LogP contribution in [0.1, 0.15) is 12.0 Å². The lowest BCUT2D eigenvalue weighted by atomic mass is 10.1. The fraction of sp³-hybridized carbons (Fsp3) is 0.176. The Kier molecular flexibility index (Phi) is 5.34. The van der Waals surface area contributed by atoms with Gasteiger partial charge in [0.25, 0.3) is 0 Å². The molecule has 1 aromatic heterocycles. The number of rotatable bonds is 5. The van der Waals surface area contributed by atoms with Gasteiger partial charge in [-0.1, -0.05) is 12.1 Å². The minimum Gasteiger partial charge on any atom is -0.326 e. The minimum absolute atomic E-state index is 0.0124. The summed E-state index contributed by atoms with van der Waals surface area (Å²) in [6.45, 7) is -0.0124. The molecule has 0 unspecified atom stereocenters. The summed E-state index contributed by atoms with van der Waals surface area (Å²) in [4.78, 5) is 12.9. The summed E-state index contributed by atoms with van der Waals surface area (Å²) < 4.78 is 64.3. The molecule has 0 radical (unpaired) electrons. The molecule has 1 heterocycles. The van der Waals surface area contributed by atoms with E-state index in [1.165, 1.54) is 18.2 Å². The molecule has 3 aromatic rings. The normalized spacial score (nSPS) is 11.5. The van der Waals surface area contributed by atoms with Crippen molar-refractivity contribution < 1.29 is 26.7 Å². The first-order valence-electron chi connectivity index (χ1n) is 7.93. The van der Waals surface area contributed by atoms with Crippen molar-refractivity contribution in [3.8, 4) is 11.4 Å². The molecule has 0 aliphatic rings. The Balaban J connectivity index is 1.62. The molecule has 0 spiro atoms. The van der Waals surface area contributed by atoms with Crippen LogP contribution in [0.3, 0.4) is 0 Å². The molecular formula is C17H12F5N5O. The number of amides is 1. The van der Waals surface area contributed by atoms with E-state index in [4.69, 9.17) is 0 Å². The second kappa shape index (κ2) is 7.71. The number of aryl methyl sites for hydroxylation is 1. The number of carbonyl (C=O) groups excluding carboxylic acids is 1. The van der Waals surface area contributed by atoms with Crippen LogP contribution in [0.4, 0.5) is 27.6 Å². The van der Waals surface area contributed by atoms with E-state index in [0.717, 1.165) is 29.1 Å². The van der Waals surface area contributed by atoms with Gasteiger partial charge in [-0.3, -0.25) is 4.79 Å². The van der Waals surface area contributed by atoms with Crippen molar-refractivity contribution in [3.63, 3.8) is 0 Å². The molecule has 1 N–H and O–H groups in total. The Morgan fingerprint density at radius 1 is 1.07 bits per heavy atom. The second-order valence-corrected chi connectivity index (χ2v) is 5.71. The van der Waals surface area contributed by atoms with Crippen LogP contribution in [0.15, 0.2) is 42.5 Å². The SMILES string of the molecule is O=C(CCn1nnc(-c2cccc(C(F)(F)F)c2)n1)Nc1ccc(F)c(F)c1. The van der Waals surface area contributed by atoms with Crippen LogP contribution in [-0.2, 0) is 17.5 Å². The first-order chi connectivity index (χ1) is 13.2. The summed E-state index contributed by atoms with van der Waals surface area (Å²) in [5, 5.41) is 13.7. The topological polar surface area (TPSA) is 72.7 Å². The molecule has 6 nitrogen and oxygen atoms in total. The van der Waals surface area contributed by atoms with E-state index >= 15 is 0 Å². The van der Waals surface area contributed by atoms with Crippen molar-refractivity contribution in [2.45, 2.75) is 19.1 Å². The van der Waals surface area contributed by atoms with Gasteiger partial charge in [-0.25, -0.2) is 8.78 Å². The molecule has 11 heteroatoms. The van der Waals surface area contributed by atoms with Gasteiger partial charge in [-0.05, 0) is 29.5 Å². The fourth-order valence-electron chi connectivity index (χ4n) is 2.29. The first kappa shape index (κ1) is 19.4. The molecule has 3 rings (SSSR count). The lowest BCUT2D eigenvalue weighted by Gasteiger charge is -2.06. The van der Waals surface area contributed by atoms with Gasteiger partial charge in [0.2, 0.25) is 11.7 Å². The molecule has 2 aromatic carbocycles. The molecule has 0 bridgehead atoms. The number of hydrogen-bond acceptors (Lipinski definition) is 4. The van der Waals surface area contributed by atoms with Crippen molar-refractivity contribution >= 4 is 11.6 Å². The molecule has 0 saturated carbocycles. The van der Waals surface area contributed by atoms with E-state index in [-0.39, 0.29) is 30.0 Å². The van der Waals surface area contributed by atoms with Crippen molar-refractivity contribution in [2.24, 2.45) is 0 Å². The number of tetrazole rings is 1. The highest BCUT2D eigenvalue weighted by Crippen LogP contribution is 2.31. The quantitative estimate of drug-likeness (QED) is 0.667. The van der Waals surface area contributed by atoms with Crippen LogP contribution in [0.2, 0.25) is 0 Å². The Morgan fingerprint density at radius 3 is 2.57 bits per heavy atom. The zero-order chi connectivity index (χ0) is 20.3. The average molecular weight is 397 g/mol. The van der Waals surface area contributed by atoms with E-state index < -0.39 is 29.3 Å². The lowest BCUT2D eigenvalue weighted by Crippen LogP contribution is -2.16. The average Bonchev–Trinajstić information content (AvgIpc) is 3.12. The smallest absolute Gasteiger partial charge is 0.326 e. The zero-order valence-electron chi connectivity index (χ0n) is 14.0. The lowest BCUT2D eigenvalue weighted by molar-refractivity contribution is -0.137. The van der Waals surface area contributed by atoms with Gasteiger partial charge in [0.1, 0.15) is 0 Å². The van der Waals surface area contributed by atoms with Gasteiger partial charge < -0.3 is 5.32 Å². The monoisotopic (exact) mass is 397 g/mol. The maximum atomic E-state index is 13.1. The van der Waals surface area contributed by atoms with Crippen molar-refractivity contribution in [3.05, 3.63) is 59.7 Å². The number of hydrogen-bond donors (Lipinski definition) is 1. The summed E-state index contributed by atoms with van der Waals surface area (Å²) in [7, 11) is 0. The van der Waals surface area contributed by atoms with E-state index in [9.17, 15) is 26.7 Å². The second-order valence-electron chi connectivity index (χ2n) is 5.71. The number of anilines is 1. The van der Waals surface area contributed by atoms with Gasteiger partial charge in [-0.15, -0.1) is 10.2 Å². The Bertz CT molecular complexity index is 1000. The summed E-state index contributed by atoms with van der Waals surface area (Å²) in [5.41, 5.74) is -0.625. The first-order valence-corrected chi connectivity index (χ1v) is 7.93. The van der Waals surface area contributed by atoms with Crippen LogP contribution >= 0.6 is 0 Å². The number of alkyl halides is 3. The highest BCUT2D eigenvalue weighted by atomic mass is 19.4. The molecule has 1 amide bonds. The molecule has 0 aliphatic carbocycles. The predicted octanol–water partition coefficient (Wildman–Crippen LogP) is 3.67. The number of benzene rings is 2. The molecular weight excluding hydrogens is 385 g/mol. The van der Waals surface area contributed by atoms with Gasteiger partial charge in [0, 0.05) is 23.7 Å². The van der Waals surface area contributed by atoms with Crippen molar-refractivity contribution in [1.82, 2.24) is 20.2 Å². The number of nitrogens with zero attached hydrogens (tertiary/aromatic N) is 4. The van der Waals surface area contributed by atoms with Gasteiger partial charge in [0.05, 0.1) is 12.1 Å². The Morgan fingerprint density at radius 2 is 1.86 bits per heavy atom. The van der Waals surface area contributed by atoms with Crippen LogP contribution < -0.4 is 5.32 Å². The summed E-state index contributed by atoms with van der Waals surface area (Å²) in [6.07, 6.45) is -4.61. The van der Waals surface area contributed by atoms with Gasteiger partial charge in [-0.2, -0.15) is 18.0 Å². The highest BCUT2D eigenvalue weighted by molar-refractivity contribution is 5.90. The molecule has 28 heavy (non-hydrogen) atoms. The van der Waals surface area contributed by atoms with Crippen molar-refractivity contribution in [1.29, 1.82) is 0 Å². The standard InChI is InChI=1S/C17H12F5N5O/c18-13-5-4-12(9-14(13)19)23-15(28)6-7-27-25-16(24-26-27)10-2-1-3-11(8-10)17(20,21)22/h1-5,8-9H,6-7H2,(H,23,28). The van der Waals surface area contributed by atoms with Crippen LogP contribution in [0.5, 0.6) is 0 Å². The third kappa shape index (κ3) is 4.67. The van der Waals surface area contributed by atoms with E-state index in [1.807, 2.05) is 0 Å². The Labute approximate surface area is 155 Å². The van der Waals surface area contributed by atoms with E-state index in [0.29, 0.717) is 0 Å². The summed E-state index contributed by atoms with van der Waals surface area (Å²) >= 11 is 0. The third-order valence-corrected chi connectivity index (χ3v) is 3.64. The van der Waals surface area contributed by atoms with Crippen molar-refractivity contribution in [2.75, 3.05) is 5.32 Å². The van der Waals surface area contributed by atoms with Gasteiger partial charge >= 0.3 is 6.18 Å². The van der Waals surface area contributed by atoms with Crippen LogP contribution in [-0.4, -0.2) is 26.1 Å². The number of carbonyl (C=O) groups is 1. The maximum absolute atomic E-state index is 13.1. The zero-order valence-corrected chi connectivity index (χ0v) is 14.0.